The molecule has 30 heavy (non-hydrogen) atoms. The summed E-state index contributed by atoms with van der Waals surface area (Å²) in [4.78, 5) is 21.2. The number of pyridine rings is 3. The van der Waals surface area contributed by atoms with Crippen molar-refractivity contribution in [3.05, 3.63) is 61.3 Å². The van der Waals surface area contributed by atoms with E-state index in [1.807, 2.05) is 24.3 Å². The zero-order valence-corrected chi connectivity index (χ0v) is 16.5. The van der Waals surface area contributed by atoms with Gasteiger partial charge in [-0.2, -0.15) is 5.10 Å². The fraction of sp³-hybridized carbons (Fsp3) is 0.136. The maximum absolute atomic E-state index is 4.85. The predicted octanol–water partition coefficient (Wildman–Crippen LogP) is 4.68. The Morgan fingerprint density at radius 1 is 1.07 bits per heavy atom. The zero-order chi connectivity index (χ0) is 20.5. The van der Waals surface area contributed by atoms with E-state index in [0.717, 1.165) is 57.6 Å². The van der Waals surface area contributed by atoms with Crippen LogP contribution >= 0.6 is 0 Å². The number of allylic oxidation sites excluding steroid dienone is 1. The van der Waals surface area contributed by atoms with Crippen LogP contribution in [-0.2, 0) is 0 Å². The molecule has 8 heteroatoms. The average Bonchev–Trinajstić information content (AvgIpc) is 3.37. The molecule has 0 spiro atoms. The fourth-order valence-electron chi connectivity index (χ4n) is 3.41. The van der Waals surface area contributed by atoms with Crippen LogP contribution in [-0.4, -0.2) is 35.1 Å². The SMILES string of the molecule is C=C(CCC)Nc1cncc(-c2ccc3[nH]nc(-c4nc5ccncc5[nH]4)c3n2)c1. The molecule has 8 nitrogen and oxygen atoms in total. The molecule has 0 atom stereocenters. The molecule has 0 unspecified atom stereocenters. The van der Waals surface area contributed by atoms with Crippen molar-refractivity contribution in [3.8, 4) is 22.8 Å². The molecule has 0 saturated heterocycles. The van der Waals surface area contributed by atoms with Crippen LogP contribution in [0.3, 0.4) is 0 Å². The second-order valence-electron chi connectivity index (χ2n) is 7.08. The van der Waals surface area contributed by atoms with Gasteiger partial charge in [-0.1, -0.05) is 19.9 Å². The second kappa shape index (κ2) is 7.40. The molecular formula is C22H20N8. The Morgan fingerprint density at radius 2 is 2.00 bits per heavy atom. The van der Waals surface area contributed by atoms with Gasteiger partial charge in [0.25, 0.3) is 0 Å². The minimum absolute atomic E-state index is 0.651. The Morgan fingerprint density at radius 3 is 2.87 bits per heavy atom. The van der Waals surface area contributed by atoms with Gasteiger partial charge in [-0.3, -0.25) is 15.1 Å². The summed E-state index contributed by atoms with van der Waals surface area (Å²) in [5.74, 6) is 0.651. The number of nitrogens with zero attached hydrogens (tertiary/aromatic N) is 5. The lowest BCUT2D eigenvalue weighted by Crippen LogP contribution is -1.98. The van der Waals surface area contributed by atoms with Crippen LogP contribution in [0.25, 0.3) is 44.8 Å². The third-order valence-electron chi connectivity index (χ3n) is 4.82. The topological polar surface area (TPSA) is 108 Å². The number of hydrogen-bond donors (Lipinski definition) is 3. The maximum Gasteiger partial charge on any atom is 0.161 e. The van der Waals surface area contributed by atoms with Crippen LogP contribution in [0.2, 0.25) is 0 Å². The van der Waals surface area contributed by atoms with E-state index in [4.69, 9.17) is 4.98 Å². The van der Waals surface area contributed by atoms with Crippen LogP contribution in [0.5, 0.6) is 0 Å². The van der Waals surface area contributed by atoms with Crippen LogP contribution in [0.15, 0.2) is 61.3 Å². The van der Waals surface area contributed by atoms with Crippen LogP contribution in [0.1, 0.15) is 19.8 Å². The Kier molecular flexibility index (Phi) is 4.44. The van der Waals surface area contributed by atoms with Crippen molar-refractivity contribution in [2.45, 2.75) is 19.8 Å². The summed E-state index contributed by atoms with van der Waals surface area (Å²) in [7, 11) is 0. The highest BCUT2D eigenvalue weighted by Gasteiger charge is 2.15. The van der Waals surface area contributed by atoms with Gasteiger partial charge < -0.3 is 10.3 Å². The molecule has 0 amide bonds. The first-order chi connectivity index (χ1) is 14.7. The van der Waals surface area contributed by atoms with Gasteiger partial charge in [-0.25, -0.2) is 9.97 Å². The van der Waals surface area contributed by atoms with Gasteiger partial charge in [-0.15, -0.1) is 0 Å². The third kappa shape index (κ3) is 3.28. The highest BCUT2D eigenvalue weighted by Crippen LogP contribution is 2.28. The van der Waals surface area contributed by atoms with Crippen molar-refractivity contribution in [3.63, 3.8) is 0 Å². The molecule has 0 saturated carbocycles. The molecule has 5 rings (SSSR count). The summed E-state index contributed by atoms with van der Waals surface area (Å²) in [6.45, 7) is 6.18. The summed E-state index contributed by atoms with van der Waals surface area (Å²) in [5, 5.41) is 10.8. The Hall–Kier alpha value is -4.07. The van der Waals surface area contributed by atoms with Crippen molar-refractivity contribution in [1.82, 2.24) is 35.1 Å². The molecule has 5 heterocycles. The summed E-state index contributed by atoms with van der Waals surface area (Å²) >= 11 is 0. The minimum atomic E-state index is 0.651. The van der Waals surface area contributed by atoms with E-state index in [9.17, 15) is 0 Å². The number of aromatic amines is 2. The standard InChI is InChI=1S/C22H20N8/c1-3-4-13(2)25-15-9-14(10-24-11-15)16-5-6-18-20(26-16)21(30-29-18)22-27-17-7-8-23-12-19(17)28-22/h5-12,25H,2-4H2,1H3,(H,27,28)(H,29,30). The van der Waals surface area contributed by atoms with Gasteiger partial charge in [-0.05, 0) is 30.7 Å². The van der Waals surface area contributed by atoms with Crippen LogP contribution < -0.4 is 5.32 Å². The highest BCUT2D eigenvalue weighted by atomic mass is 15.1. The molecular weight excluding hydrogens is 376 g/mol. The van der Waals surface area contributed by atoms with Crippen molar-refractivity contribution in [1.29, 1.82) is 0 Å². The quantitative estimate of drug-likeness (QED) is 0.384. The molecule has 3 N–H and O–H groups in total. The number of nitrogens with one attached hydrogen (secondary N) is 3. The van der Waals surface area contributed by atoms with Crippen LogP contribution in [0.4, 0.5) is 5.69 Å². The number of hydrogen-bond acceptors (Lipinski definition) is 6. The minimum Gasteiger partial charge on any atom is -0.358 e. The zero-order valence-electron chi connectivity index (χ0n) is 16.5. The van der Waals surface area contributed by atoms with Gasteiger partial charge in [0, 0.05) is 23.7 Å². The third-order valence-corrected chi connectivity index (χ3v) is 4.82. The normalized spacial score (nSPS) is 11.2. The first kappa shape index (κ1) is 18.0. The fourth-order valence-corrected chi connectivity index (χ4v) is 3.41. The van der Waals surface area contributed by atoms with Gasteiger partial charge in [0.15, 0.2) is 11.5 Å². The smallest absolute Gasteiger partial charge is 0.161 e. The second-order valence-corrected chi connectivity index (χ2v) is 7.08. The lowest BCUT2D eigenvalue weighted by molar-refractivity contribution is 0.913. The van der Waals surface area contributed by atoms with Crippen LogP contribution in [0, 0.1) is 0 Å². The van der Waals surface area contributed by atoms with E-state index < -0.39 is 0 Å². The van der Waals surface area contributed by atoms with Gasteiger partial charge >= 0.3 is 0 Å². The number of aromatic nitrogens is 7. The Balaban J connectivity index is 1.54. The van der Waals surface area contributed by atoms with E-state index in [0.29, 0.717) is 11.5 Å². The van der Waals surface area contributed by atoms with Gasteiger partial charge in [0.2, 0.25) is 0 Å². The number of rotatable bonds is 6. The maximum atomic E-state index is 4.85. The molecule has 0 fully saturated rings. The monoisotopic (exact) mass is 396 g/mol. The largest absolute Gasteiger partial charge is 0.358 e. The van der Waals surface area contributed by atoms with Gasteiger partial charge in [0.05, 0.1) is 40.3 Å². The Labute approximate surface area is 172 Å². The molecule has 0 radical (unpaired) electrons. The number of imidazole rings is 1. The summed E-state index contributed by atoms with van der Waals surface area (Å²) in [6.07, 6.45) is 9.01. The lowest BCUT2D eigenvalue weighted by Gasteiger charge is -2.09. The molecule has 0 aliphatic heterocycles. The molecule has 0 bridgehead atoms. The molecule has 5 aromatic heterocycles. The van der Waals surface area contributed by atoms with Crippen molar-refractivity contribution in [2.75, 3.05) is 5.32 Å². The van der Waals surface area contributed by atoms with Crippen molar-refractivity contribution < 1.29 is 0 Å². The number of anilines is 1. The first-order valence-electron chi connectivity index (χ1n) is 9.76. The summed E-state index contributed by atoms with van der Waals surface area (Å²) in [5.41, 5.74) is 7.52. The summed E-state index contributed by atoms with van der Waals surface area (Å²) in [6, 6.07) is 7.80. The predicted molar refractivity (Wildman–Crippen MR) is 118 cm³/mol. The van der Waals surface area contributed by atoms with E-state index in [1.54, 1.807) is 24.8 Å². The molecule has 0 aliphatic rings. The molecule has 0 aliphatic carbocycles. The highest BCUT2D eigenvalue weighted by molar-refractivity contribution is 5.91. The molecule has 0 aromatic carbocycles. The van der Waals surface area contributed by atoms with Crippen molar-refractivity contribution >= 4 is 27.8 Å². The first-order valence-corrected chi connectivity index (χ1v) is 9.76. The molecule has 148 valence electrons. The molecule has 5 aromatic rings. The Bertz CT molecular complexity index is 1330. The van der Waals surface area contributed by atoms with E-state index in [-0.39, 0.29) is 0 Å². The van der Waals surface area contributed by atoms with Gasteiger partial charge in [0.1, 0.15) is 5.52 Å². The van der Waals surface area contributed by atoms with E-state index >= 15 is 0 Å². The van der Waals surface area contributed by atoms with E-state index in [2.05, 4.69) is 49.0 Å². The lowest BCUT2D eigenvalue weighted by atomic mass is 10.1. The number of H-pyrrole nitrogens is 2. The average molecular weight is 396 g/mol. The summed E-state index contributed by atoms with van der Waals surface area (Å²) < 4.78 is 0. The number of fused-ring (bicyclic) bond motifs is 2. The van der Waals surface area contributed by atoms with E-state index in [1.165, 1.54) is 0 Å². The van der Waals surface area contributed by atoms with Crippen molar-refractivity contribution in [2.24, 2.45) is 0 Å².